The van der Waals surface area contributed by atoms with E-state index in [2.05, 4.69) is 0 Å². The molecule has 0 radical (unpaired) electrons. The molecule has 0 bridgehead atoms. The van der Waals surface area contributed by atoms with E-state index in [1.165, 1.54) is 0 Å². The van der Waals surface area contributed by atoms with Crippen molar-refractivity contribution in [3.8, 4) is 11.5 Å². The Kier molecular flexibility index (Phi) is 4.78. The van der Waals surface area contributed by atoms with Crippen molar-refractivity contribution in [3.05, 3.63) is 18.2 Å². The van der Waals surface area contributed by atoms with Gasteiger partial charge in [0.05, 0.1) is 20.8 Å². The molecule has 0 saturated heterocycles. The number of aliphatic hydroxyl groups is 1. The molecule has 3 nitrogen and oxygen atoms in total. The SMILES string of the molecule is COc1ccc(SC(C)CO)c(OC)c1. The lowest BCUT2D eigenvalue weighted by Crippen LogP contribution is -2.02. The molecule has 84 valence electrons. The number of thioether (sulfide) groups is 1. The molecule has 1 N–H and O–H groups in total. The van der Waals surface area contributed by atoms with Crippen molar-refractivity contribution >= 4 is 11.8 Å². The van der Waals surface area contributed by atoms with Gasteiger partial charge in [0, 0.05) is 16.2 Å². The molecular weight excluding hydrogens is 212 g/mol. The molecule has 0 saturated carbocycles. The molecule has 0 aliphatic rings. The molecule has 0 amide bonds. The molecule has 0 aliphatic heterocycles. The van der Waals surface area contributed by atoms with Crippen molar-refractivity contribution < 1.29 is 14.6 Å². The van der Waals surface area contributed by atoms with Crippen LogP contribution in [0.1, 0.15) is 6.92 Å². The maximum absolute atomic E-state index is 8.97. The van der Waals surface area contributed by atoms with Gasteiger partial charge in [-0.1, -0.05) is 6.92 Å². The van der Waals surface area contributed by atoms with E-state index in [0.29, 0.717) is 0 Å². The van der Waals surface area contributed by atoms with Crippen LogP contribution in [0.5, 0.6) is 11.5 Å². The largest absolute Gasteiger partial charge is 0.497 e. The van der Waals surface area contributed by atoms with Crippen molar-refractivity contribution in [1.82, 2.24) is 0 Å². The number of aliphatic hydroxyl groups excluding tert-OH is 1. The summed E-state index contributed by atoms with van der Waals surface area (Å²) in [6, 6.07) is 5.66. The molecule has 1 aromatic rings. The number of methoxy groups -OCH3 is 2. The molecule has 0 spiro atoms. The predicted octanol–water partition coefficient (Wildman–Crippen LogP) is 2.18. The molecule has 0 heterocycles. The first-order chi connectivity index (χ1) is 7.21. The van der Waals surface area contributed by atoms with Gasteiger partial charge in [-0.25, -0.2) is 0 Å². The monoisotopic (exact) mass is 228 g/mol. The predicted molar refractivity (Wildman–Crippen MR) is 62.0 cm³/mol. The summed E-state index contributed by atoms with van der Waals surface area (Å²) in [5.74, 6) is 1.55. The van der Waals surface area contributed by atoms with Crippen molar-refractivity contribution in [2.75, 3.05) is 20.8 Å². The van der Waals surface area contributed by atoms with Gasteiger partial charge in [0.15, 0.2) is 0 Å². The zero-order valence-electron chi connectivity index (χ0n) is 9.19. The van der Waals surface area contributed by atoms with Crippen LogP contribution in [0.15, 0.2) is 23.1 Å². The highest BCUT2D eigenvalue weighted by molar-refractivity contribution is 8.00. The topological polar surface area (TPSA) is 38.7 Å². The van der Waals surface area contributed by atoms with Crippen LogP contribution in [-0.4, -0.2) is 31.2 Å². The smallest absolute Gasteiger partial charge is 0.136 e. The third-order valence-electron chi connectivity index (χ3n) is 1.96. The zero-order chi connectivity index (χ0) is 11.3. The minimum absolute atomic E-state index is 0.153. The van der Waals surface area contributed by atoms with Gasteiger partial charge in [0.1, 0.15) is 11.5 Å². The van der Waals surface area contributed by atoms with Gasteiger partial charge in [-0.2, -0.15) is 0 Å². The lowest BCUT2D eigenvalue weighted by molar-refractivity contribution is 0.300. The fraction of sp³-hybridized carbons (Fsp3) is 0.455. The van der Waals surface area contributed by atoms with E-state index in [1.54, 1.807) is 26.0 Å². The quantitative estimate of drug-likeness (QED) is 0.784. The van der Waals surface area contributed by atoms with Crippen molar-refractivity contribution in [2.45, 2.75) is 17.1 Å². The average Bonchev–Trinajstić information content (AvgIpc) is 2.29. The first-order valence-corrected chi connectivity index (χ1v) is 5.58. The van der Waals surface area contributed by atoms with Crippen molar-refractivity contribution in [1.29, 1.82) is 0 Å². The summed E-state index contributed by atoms with van der Waals surface area (Å²) in [5.41, 5.74) is 0. The van der Waals surface area contributed by atoms with Crippen LogP contribution in [-0.2, 0) is 0 Å². The Balaban J connectivity index is 2.87. The Morgan fingerprint density at radius 3 is 2.60 bits per heavy atom. The maximum atomic E-state index is 8.97. The van der Waals surface area contributed by atoms with Gasteiger partial charge in [-0.3, -0.25) is 0 Å². The number of hydrogen-bond donors (Lipinski definition) is 1. The molecule has 0 fully saturated rings. The number of hydrogen-bond acceptors (Lipinski definition) is 4. The van der Waals surface area contributed by atoms with Gasteiger partial charge in [0.2, 0.25) is 0 Å². The summed E-state index contributed by atoms with van der Waals surface area (Å²) < 4.78 is 10.4. The second-order valence-electron chi connectivity index (χ2n) is 3.13. The first-order valence-electron chi connectivity index (χ1n) is 4.70. The Morgan fingerprint density at radius 1 is 1.33 bits per heavy atom. The minimum Gasteiger partial charge on any atom is -0.497 e. The van der Waals surface area contributed by atoms with Gasteiger partial charge >= 0.3 is 0 Å². The van der Waals surface area contributed by atoms with Crippen LogP contribution in [0.4, 0.5) is 0 Å². The Hall–Kier alpha value is -0.870. The molecule has 1 aromatic carbocycles. The Labute approximate surface area is 94.4 Å². The normalized spacial score (nSPS) is 12.3. The van der Waals surface area contributed by atoms with E-state index in [-0.39, 0.29) is 11.9 Å². The molecule has 0 aliphatic carbocycles. The molecule has 15 heavy (non-hydrogen) atoms. The lowest BCUT2D eigenvalue weighted by atomic mass is 10.3. The van der Waals surface area contributed by atoms with E-state index in [9.17, 15) is 0 Å². The van der Waals surface area contributed by atoms with Crippen molar-refractivity contribution in [3.63, 3.8) is 0 Å². The minimum atomic E-state index is 0.153. The van der Waals surface area contributed by atoms with Gasteiger partial charge in [-0.15, -0.1) is 11.8 Å². The molecule has 1 rings (SSSR count). The first kappa shape index (κ1) is 12.2. The zero-order valence-corrected chi connectivity index (χ0v) is 10.0. The van der Waals surface area contributed by atoms with Crippen LogP contribution in [0.2, 0.25) is 0 Å². The number of rotatable bonds is 5. The van der Waals surface area contributed by atoms with Crippen molar-refractivity contribution in [2.24, 2.45) is 0 Å². The molecule has 1 unspecified atom stereocenters. The molecule has 4 heteroatoms. The Morgan fingerprint density at radius 2 is 2.07 bits per heavy atom. The third kappa shape index (κ3) is 3.32. The van der Waals surface area contributed by atoms with E-state index < -0.39 is 0 Å². The second-order valence-corrected chi connectivity index (χ2v) is 4.61. The Bertz CT molecular complexity index is 315. The highest BCUT2D eigenvalue weighted by Crippen LogP contribution is 2.34. The summed E-state index contributed by atoms with van der Waals surface area (Å²) in [5, 5.41) is 9.13. The summed E-state index contributed by atoms with van der Waals surface area (Å²) in [6.45, 7) is 2.12. The van der Waals surface area contributed by atoms with Gasteiger partial charge in [0.25, 0.3) is 0 Å². The average molecular weight is 228 g/mol. The van der Waals surface area contributed by atoms with Gasteiger partial charge < -0.3 is 14.6 Å². The highest BCUT2D eigenvalue weighted by atomic mass is 32.2. The van der Waals surface area contributed by atoms with E-state index in [1.807, 2.05) is 25.1 Å². The maximum Gasteiger partial charge on any atom is 0.136 e. The van der Waals surface area contributed by atoms with E-state index >= 15 is 0 Å². The van der Waals surface area contributed by atoms with Crippen LogP contribution in [0, 0.1) is 0 Å². The summed E-state index contributed by atoms with van der Waals surface area (Å²) >= 11 is 1.58. The molecule has 0 aromatic heterocycles. The third-order valence-corrected chi connectivity index (χ3v) is 3.10. The highest BCUT2D eigenvalue weighted by Gasteiger charge is 2.09. The summed E-state index contributed by atoms with van der Waals surface area (Å²) in [7, 11) is 3.25. The fourth-order valence-corrected chi connectivity index (χ4v) is 2.04. The summed E-state index contributed by atoms with van der Waals surface area (Å²) in [6.07, 6.45) is 0. The van der Waals surface area contributed by atoms with E-state index in [4.69, 9.17) is 14.6 Å². The van der Waals surface area contributed by atoms with Crippen LogP contribution in [0.25, 0.3) is 0 Å². The standard InChI is InChI=1S/C11H16O3S/c1-8(7-12)15-11-5-4-9(13-2)6-10(11)14-3/h4-6,8,12H,7H2,1-3H3. The lowest BCUT2D eigenvalue weighted by Gasteiger charge is -2.12. The van der Waals surface area contributed by atoms with E-state index in [0.717, 1.165) is 16.4 Å². The van der Waals surface area contributed by atoms with Crippen LogP contribution >= 0.6 is 11.8 Å². The molecular formula is C11H16O3S. The van der Waals surface area contributed by atoms with Crippen LogP contribution < -0.4 is 9.47 Å². The summed E-state index contributed by atoms with van der Waals surface area (Å²) in [4.78, 5) is 1.01. The number of benzene rings is 1. The van der Waals surface area contributed by atoms with Crippen LogP contribution in [0.3, 0.4) is 0 Å². The molecule has 1 atom stereocenters. The number of ether oxygens (including phenoxy) is 2. The second kappa shape index (κ2) is 5.88. The fourth-order valence-electron chi connectivity index (χ4n) is 1.13. The van der Waals surface area contributed by atoms with Gasteiger partial charge in [-0.05, 0) is 12.1 Å².